The lowest BCUT2D eigenvalue weighted by atomic mass is 9.92. The Balaban J connectivity index is 1.86. The first-order chi connectivity index (χ1) is 13.3. The maximum absolute atomic E-state index is 14.9. The fraction of sp³-hybridized carbons (Fsp3) is 0.130. The van der Waals surface area contributed by atoms with Crippen LogP contribution in [0.3, 0.4) is 0 Å². The summed E-state index contributed by atoms with van der Waals surface area (Å²) in [7, 11) is 0. The molecule has 28 heavy (non-hydrogen) atoms. The Kier molecular flexibility index (Phi) is 4.15. The van der Waals surface area contributed by atoms with Gasteiger partial charge in [0.15, 0.2) is 17.4 Å². The fourth-order valence-electron chi connectivity index (χ4n) is 3.10. The van der Waals surface area contributed by atoms with Crippen LogP contribution in [0.4, 0.5) is 17.6 Å². The topological polar surface area (TPSA) is 9.23 Å². The fourth-order valence-corrected chi connectivity index (χ4v) is 3.10. The Morgan fingerprint density at radius 3 is 2.18 bits per heavy atom. The van der Waals surface area contributed by atoms with Gasteiger partial charge in [0.1, 0.15) is 5.56 Å². The maximum atomic E-state index is 14.9. The molecule has 0 spiro atoms. The normalized spacial score (nSPS) is 13.6. The summed E-state index contributed by atoms with van der Waals surface area (Å²) in [6, 6.07) is 12.7. The van der Waals surface area contributed by atoms with Crippen molar-refractivity contribution in [1.29, 1.82) is 0 Å². The zero-order valence-corrected chi connectivity index (χ0v) is 15.0. The van der Waals surface area contributed by atoms with Crippen LogP contribution in [0.15, 0.2) is 48.5 Å². The van der Waals surface area contributed by atoms with E-state index in [9.17, 15) is 17.6 Å². The molecule has 0 fully saturated rings. The molecule has 3 aromatic rings. The molecule has 0 radical (unpaired) electrons. The first-order valence-corrected chi connectivity index (χ1v) is 8.56. The molecule has 5 heteroatoms. The Morgan fingerprint density at radius 2 is 1.46 bits per heavy atom. The van der Waals surface area contributed by atoms with E-state index < -0.39 is 29.1 Å². The maximum Gasteiger partial charge on any atom is 0.430 e. The average molecular weight is 382 g/mol. The molecule has 1 aliphatic heterocycles. The summed E-state index contributed by atoms with van der Waals surface area (Å²) in [5.41, 5.74) is 0.707. The average Bonchev–Trinajstić information content (AvgIpc) is 2.65. The highest BCUT2D eigenvalue weighted by atomic mass is 19.3. The minimum absolute atomic E-state index is 0.0842. The van der Waals surface area contributed by atoms with E-state index in [1.54, 1.807) is 12.1 Å². The lowest BCUT2D eigenvalue weighted by Gasteiger charge is -2.29. The molecule has 1 heterocycles. The van der Waals surface area contributed by atoms with Crippen LogP contribution in [0.2, 0.25) is 0 Å². The second kappa shape index (κ2) is 6.42. The van der Waals surface area contributed by atoms with Crippen LogP contribution in [0.25, 0.3) is 11.1 Å². The van der Waals surface area contributed by atoms with Gasteiger partial charge in [-0.2, -0.15) is 8.78 Å². The van der Waals surface area contributed by atoms with Crippen molar-refractivity contribution in [2.75, 3.05) is 0 Å². The van der Waals surface area contributed by atoms with Crippen LogP contribution >= 0.6 is 0 Å². The molecule has 0 N–H and O–H groups in total. The number of halogens is 4. The molecule has 0 unspecified atom stereocenters. The van der Waals surface area contributed by atoms with Gasteiger partial charge in [-0.1, -0.05) is 47.7 Å². The minimum atomic E-state index is -4.01. The molecule has 140 valence electrons. The highest BCUT2D eigenvalue weighted by molar-refractivity contribution is 5.77. The van der Waals surface area contributed by atoms with Gasteiger partial charge in [0, 0.05) is 16.7 Å². The van der Waals surface area contributed by atoms with Crippen molar-refractivity contribution in [1.82, 2.24) is 0 Å². The number of rotatable bonds is 0. The predicted molar refractivity (Wildman–Crippen MR) is 98.2 cm³/mol. The van der Waals surface area contributed by atoms with E-state index in [2.05, 4.69) is 16.6 Å². The third kappa shape index (κ3) is 2.91. The van der Waals surface area contributed by atoms with E-state index >= 15 is 0 Å². The largest absolute Gasteiger partial charge is 0.430 e. The van der Waals surface area contributed by atoms with Crippen molar-refractivity contribution in [3.8, 4) is 28.7 Å². The van der Waals surface area contributed by atoms with E-state index in [-0.39, 0.29) is 22.3 Å². The third-order valence-electron chi connectivity index (χ3n) is 4.64. The Labute approximate surface area is 159 Å². The van der Waals surface area contributed by atoms with Gasteiger partial charge in [0.05, 0.1) is 5.56 Å². The minimum Gasteiger partial charge on any atom is -0.425 e. The van der Waals surface area contributed by atoms with Gasteiger partial charge in [0.25, 0.3) is 0 Å². The van der Waals surface area contributed by atoms with Gasteiger partial charge in [-0.25, -0.2) is 8.78 Å². The summed E-state index contributed by atoms with van der Waals surface area (Å²) >= 11 is 0. The molecule has 0 saturated carbocycles. The molecule has 0 aliphatic carbocycles. The van der Waals surface area contributed by atoms with Crippen LogP contribution in [-0.2, 0) is 6.11 Å². The molecule has 1 nitrogen and oxygen atoms in total. The van der Waals surface area contributed by atoms with Crippen LogP contribution in [0.5, 0.6) is 5.75 Å². The van der Waals surface area contributed by atoms with Crippen molar-refractivity contribution in [3.63, 3.8) is 0 Å². The molecule has 0 saturated heterocycles. The van der Waals surface area contributed by atoms with Gasteiger partial charge in [-0.3, -0.25) is 0 Å². The molecular formula is C23H14F4O. The van der Waals surface area contributed by atoms with Crippen molar-refractivity contribution < 1.29 is 22.3 Å². The zero-order chi connectivity index (χ0) is 20.1. The molecule has 1 aliphatic rings. The molecule has 0 bridgehead atoms. The molecule has 4 rings (SSSR count). The summed E-state index contributed by atoms with van der Waals surface area (Å²) in [5, 5.41) is 0. The lowest BCUT2D eigenvalue weighted by Crippen LogP contribution is -2.29. The van der Waals surface area contributed by atoms with Gasteiger partial charge < -0.3 is 4.74 Å². The van der Waals surface area contributed by atoms with Gasteiger partial charge >= 0.3 is 6.11 Å². The first kappa shape index (κ1) is 18.1. The molecule has 3 aromatic carbocycles. The van der Waals surface area contributed by atoms with Crippen molar-refractivity contribution in [3.05, 3.63) is 88.0 Å². The number of fused-ring (bicyclic) bond motifs is 3. The number of ether oxygens (including phenoxy) is 1. The summed E-state index contributed by atoms with van der Waals surface area (Å²) in [6.45, 7) is 3.36. The summed E-state index contributed by atoms with van der Waals surface area (Å²) in [4.78, 5) is 0. The first-order valence-electron chi connectivity index (χ1n) is 8.56. The van der Waals surface area contributed by atoms with E-state index in [4.69, 9.17) is 0 Å². The second-order valence-corrected chi connectivity index (χ2v) is 6.66. The molecule has 0 amide bonds. The van der Waals surface area contributed by atoms with Crippen LogP contribution in [-0.4, -0.2) is 0 Å². The summed E-state index contributed by atoms with van der Waals surface area (Å²) in [5.74, 6) is 2.73. The van der Waals surface area contributed by atoms with Gasteiger partial charge in [0.2, 0.25) is 0 Å². The lowest BCUT2D eigenvalue weighted by molar-refractivity contribution is -0.190. The van der Waals surface area contributed by atoms with E-state index in [0.717, 1.165) is 5.56 Å². The third-order valence-corrected chi connectivity index (χ3v) is 4.64. The number of benzene rings is 3. The number of alkyl halides is 2. The monoisotopic (exact) mass is 382 g/mol. The van der Waals surface area contributed by atoms with Crippen molar-refractivity contribution in [2.45, 2.75) is 20.0 Å². The molecular weight excluding hydrogens is 368 g/mol. The number of aryl methyl sites for hydroxylation is 2. The quantitative estimate of drug-likeness (QED) is 0.338. The van der Waals surface area contributed by atoms with Crippen LogP contribution in [0, 0.1) is 37.3 Å². The van der Waals surface area contributed by atoms with Crippen molar-refractivity contribution >= 4 is 0 Å². The number of hydrogen-bond donors (Lipinski definition) is 0. The number of hydrogen-bond acceptors (Lipinski definition) is 1. The highest BCUT2D eigenvalue weighted by Crippen LogP contribution is 2.49. The smallest absolute Gasteiger partial charge is 0.425 e. The standard InChI is InChI=1S/C23H14F4O/c1-13-3-6-15(7-4-13)8-9-16-10-12-17-18-11-5-14(2)20(24)22(18)28-23(26,27)19(17)21(16)25/h3-7,10-12H,1-2H3. The Hall–Kier alpha value is -3.26. The van der Waals surface area contributed by atoms with Gasteiger partial charge in [-0.05, 0) is 37.6 Å². The predicted octanol–water partition coefficient (Wildman–Crippen LogP) is 6.09. The summed E-state index contributed by atoms with van der Waals surface area (Å²) in [6.07, 6.45) is -4.01. The Morgan fingerprint density at radius 1 is 0.786 bits per heavy atom. The van der Waals surface area contributed by atoms with Crippen molar-refractivity contribution in [2.24, 2.45) is 0 Å². The van der Waals surface area contributed by atoms with E-state index in [0.29, 0.717) is 5.56 Å². The van der Waals surface area contributed by atoms with E-state index in [1.807, 2.05) is 19.1 Å². The van der Waals surface area contributed by atoms with Crippen LogP contribution < -0.4 is 4.74 Å². The van der Waals surface area contributed by atoms with Crippen LogP contribution in [0.1, 0.15) is 27.8 Å². The molecule has 0 atom stereocenters. The zero-order valence-electron chi connectivity index (χ0n) is 15.0. The second-order valence-electron chi connectivity index (χ2n) is 6.66. The SMILES string of the molecule is Cc1ccc(C#Cc2ccc3c(c2F)C(F)(F)Oc2c-3ccc(C)c2F)cc1. The highest BCUT2D eigenvalue weighted by Gasteiger charge is 2.46. The Bertz CT molecular complexity index is 1150. The van der Waals surface area contributed by atoms with Gasteiger partial charge in [-0.15, -0.1) is 0 Å². The van der Waals surface area contributed by atoms with E-state index in [1.165, 1.54) is 31.2 Å². The summed E-state index contributed by atoms with van der Waals surface area (Å²) < 4.78 is 62.9. The molecule has 0 aromatic heterocycles.